The molecule has 0 bridgehead atoms. The lowest BCUT2D eigenvalue weighted by atomic mass is 9.88. The lowest BCUT2D eigenvalue weighted by Gasteiger charge is -2.22. The predicted octanol–water partition coefficient (Wildman–Crippen LogP) is 2.92. The number of ether oxygens (including phenoxy) is 1. The minimum absolute atomic E-state index is 0.000619. The molecular formula is C18H23N3O3. The number of nitrogens with zero attached hydrogens (tertiary/aromatic N) is 1. The zero-order valence-corrected chi connectivity index (χ0v) is 14.2. The van der Waals surface area contributed by atoms with E-state index in [0.29, 0.717) is 29.0 Å². The van der Waals surface area contributed by atoms with Gasteiger partial charge in [-0.2, -0.15) is 0 Å². The number of oxazole rings is 1. The highest BCUT2D eigenvalue weighted by Gasteiger charge is 2.34. The number of aromatic nitrogens is 1. The van der Waals surface area contributed by atoms with Crippen LogP contribution in [0.1, 0.15) is 20.3 Å². The quantitative estimate of drug-likeness (QED) is 0.882. The largest absolute Gasteiger partial charge is 0.496 e. The first-order valence-electron chi connectivity index (χ1n) is 8.21. The molecule has 0 radical (unpaired) electrons. The topological polar surface area (TPSA) is 76.4 Å². The zero-order valence-electron chi connectivity index (χ0n) is 14.2. The maximum Gasteiger partial charge on any atom is 0.241 e. The highest BCUT2D eigenvalue weighted by molar-refractivity contribution is 5.95. The average Bonchev–Trinajstić information content (AvgIpc) is 3.26. The van der Waals surface area contributed by atoms with E-state index >= 15 is 0 Å². The molecule has 0 saturated carbocycles. The first-order valence-corrected chi connectivity index (χ1v) is 8.21. The Morgan fingerprint density at radius 3 is 2.96 bits per heavy atom. The van der Waals surface area contributed by atoms with Gasteiger partial charge in [0.1, 0.15) is 5.75 Å². The Morgan fingerprint density at radius 1 is 1.46 bits per heavy atom. The molecule has 1 aromatic heterocycles. The van der Waals surface area contributed by atoms with E-state index in [1.807, 2.05) is 12.1 Å². The molecule has 1 aliphatic heterocycles. The minimum atomic E-state index is -0.148. The molecule has 2 N–H and O–H groups in total. The summed E-state index contributed by atoms with van der Waals surface area (Å²) in [7, 11) is 1.59. The SMILES string of the molecule is COc1cc(NC(=O)C2NCCC2C(C)C)ccc1-c1cnco1. The van der Waals surface area contributed by atoms with E-state index in [-0.39, 0.29) is 11.9 Å². The minimum Gasteiger partial charge on any atom is -0.496 e. The Labute approximate surface area is 141 Å². The third-order valence-electron chi connectivity index (χ3n) is 4.58. The number of nitrogens with one attached hydrogen (secondary N) is 2. The van der Waals surface area contributed by atoms with Crippen molar-refractivity contribution in [2.24, 2.45) is 11.8 Å². The van der Waals surface area contributed by atoms with E-state index in [9.17, 15) is 4.79 Å². The van der Waals surface area contributed by atoms with Crippen LogP contribution in [0.2, 0.25) is 0 Å². The van der Waals surface area contributed by atoms with Crippen LogP contribution in [-0.4, -0.2) is 30.6 Å². The third kappa shape index (κ3) is 3.28. The Balaban J connectivity index is 1.77. The molecule has 1 saturated heterocycles. The molecule has 1 fully saturated rings. The maximum atomic E-state index is 12.6. The number of benzene rings is 1. The van der Waals surface area contributed by atoms with Gasteiger partial charge in [0.25, 0.3) is 0 Å². The van der Waals surface area contributed by atoms with E-state index in [2.05, 4.69) is 29.5 Å². The molecule has 6 heteroatoms. The highest BCUT2D eigenvalue weighted by atomic mass is 16.5. The van der Waals surface area contributed by atoms with Crippen LogP contribution < -0.4 is 15.4 Å². The van der Waals surface area contributed by atoms with Crippen molar-refractivity contribution in [3.63, 3.8) is 0 Å². The first-order chi connectivity index (χ1) is 11.6. The second kappa shape index (κ2) is 7.05. The highest BCUT2D eigenvalue weighted by Crippen LogP contribution is 2.32. The van der Waals surface area contributed by atoms with Gasteiger partial charge < -0.3 is 19.8 Å². The van der Waals surface area contributed by atoms with Gasteiger partial charge in [-0.25, -0.2) is 4.98 Å². The van der Waals surface area contributed by atoms with Crippen molar-refractivity contribution >= 4 is 11.6 Å². The molecule has 0 aliphatic carbocycles. The van der Waals surface area contributed by atoms with Crippen molar-refractivity contribution in [2.75, 3.05) is 19.0 Å². The first kappa shape index (κ1) is 16.5. The lowest BCUT2D eigenvalue weighted by molar-refractivity contribution is -0.119. The van der Waals surface area contributed by atoms with Gasteiger partial charge in [0.15, 0.2) is 12.2 Å². The molecule has 128 valence electrons. The number of hydrogen-bond donors (Lipinski definition) is 2. The lowest BCUT2D eigenvalue weighted by Crippen LogP contribution is -2.41. The van der Waals surface area contributed by atoms with Crippen LogP contribution >= 0.6 is 0 Å². The second-order valence-electron chi connectivity index (χ2n) is 6.40. The summed E-state index contributed by atoms with van der Waals surface area (Å²) in [5, 5.41) is 6.29. The van der Waals surface area contributed by atoms with Crippen LogP contribution in [0.15, 0.2) is 35.2 Å². The second-order valence-corrected chi connectivity index (χ2v) is 6.40. The molecular weight excluding hydrogens is 306 g/mol. The van der Waals surface area contributed by atoms with E-state index < -0.39 is 0 Å². The summed E-state index contributed by atoms with van der Waals surface area (Å²) in [6.07, 6.45) is 4.04. The molecule has 2 heterocycles. The molecule has 6 nitrogen and oxygen atoms in total. The number of carbonyl (C=O) groups is 1. The van der Waals surface area contributed by atoms with Gasteiger partial charge in [-0.05, 0) is 36.9 Å². The summed E-state index contributed by atoms with van der Waals surface area (Å²) in [6.45, 7) is 5.20. The summed E-state index contributed by atoms with van der Waals surface area (Å²) < 4.78 is 10.7. The average molecular weight is 329 g/mol. The molecule has 0 spiro atoms. The smallest absolute Gasteiger partial charge is 0.241 e. The van der Waals surface area contributed by atoms with E-state index in [4.69, 9.17) is 9.15 Å². The number of anilines is 1. The van der Waals surface area contributed by atoms with Crippen molar-refractivity contribution in [2.45, 2.75) is 26.3 Å². The van der Waals surface area contributed by atoms with E-state index in [0.717, 1.165) is 18.5 Å². The van der Waals surface area contributed by atoms with Crippen molar-refractivity contribution in [3.8, 4) is 17.1 Å². The fourth-order valence-corrected chi connectivity index (χ4v) is 3.27. The number of hydrogen-bond acceptors (Lipinski definition) is 5. The number of carbonyl (C=O) groups excluding carboxylic acids is 1. The van der Waals surface area contributed by atoms with Crippen molar-refractivity contribution in [1.82, 2.24) is 10.3 Å². The van der Waals surface area contributed by atoms with E-state index in [1.54, 1.807) is 19.4 Å². The fourth-order valence-electron chi connectivity index (χ4n) is 3.27. The molecule has 24 heavy (non-hydrogen) atoms. The van der Waals surface area contributed by atoms with Crippen LogP contribution in [0.3, 0.4) is 0 Å². The van der Waals surface area contributed by atoms with Gasteiger partial charge in [0.05, 0.1) is 24.9 Å². The number of rotatable bonds is 5. The Hall–Kier alpha value is -2.34. The van der Waals surface area contributed by atoms with Crippen molar-refractivity contribution in [3.05, 3.63) is 30.8 Å². The Bertz CT molecular complexity index is 698. The van der Waals surface area contributed by atoms with Gasteiger partial charge in [-0.15, -0.1) is 0 Å². The third-order valence-corrected chi connectivity index (χ3v) is 4.58. The molecule has 3 rings (SSSR count). The van der Waals surface area contributed by atoms with Gasteiger partial charge in [-0.3, -0.25) is 4.79 Å². The standard InChI is InChI=1S/C18H23N3O3/c1-11(2)13-6-7-20-17(13)18(22)21-12-4-5-14(15(8-12)23-3)16-9-19-10-24-16/h4-5,8-11,13,17,20H,6-7H2,1-3H3,(H,21,22). The van der Waals surface area contributed by atoms with Gasteiger partial charge >= 0.3 is 0 Å². The summed E-state index contributed by atoms with van der Waals surface area (Å²) >= 11 is 0. The fraction of sp³-hybridized carbons (Fsp3) is 0.444. The summed E-state index contributed by atoms with van der Waals surface area (Å²) in [6, 6.07) is 5.36. The van der Waals surface area contributed by atoms with Crippen LogP contribution in [0.5, 0.6) is 5.75 Å². The molecule has 2 atom stereocenters. The molecule has 1 aromatic carbocycles. The molecule has 1 aliphatic rings. The number of methoxy groups -OCH3 is 1. The van der Waals surface area contributed by atoms with Crippen LogP contribution in [0, 0.1) is 11.8 Å². The van der Waals surface area contributed by atoms with Crippen molar-refractivity contribution < 1.29 is 13.9 Å². The molecule has 2 unspecified atom stereocenters. The normalized spacial score (nSPS) is 20.3. The summed E-state index contributed by atoms with van der Waals surface area (Å²) in [5.74, 6) is 2.09. The Kier molecular flexibility index (Phi) is 4.85. The monoisotopic (exact) mass is 329 g/mol. The summed E-state index contributed by atoms with van der Waals surface area (Å²) in [4.78, 5) is 16.5. The number of amides is 1. The van der Waals surface area contributed by atoms with Gasteiger partial charge in [0, 0.05) is 11.8 Å². The van der Waals surface area contributed by atoms with Gasteiger partial charge in [-0.1, -0.05) is 13.8 Å². The zero-order chi connectivity index (χ0) is 17.1. The molecule has 2 aromatic rings. The van der Waals surface area contributed by atoms with Crippen molar-refractivity contribution in [1.29, 1.82) is 0 Å². The van der Waals surface area contributed by atoms with Crippen LogP contribution in [0.4, 0.5) is 5.69 Å². The predicted molar refractivity (Wildman–Crippen MR) is 91.9 cm³/mol. The van der Waals surface area contributed by atoms with Crippen LogP contribution in [-0.2, 0) is 4.79 Å². The van der Waals surface area contributed by atoms with Crippen LogP contribution in [0.25, 0.3) is 11.3 Å². The van der Waals surface area contributed by atoms with Gasteiger partial charge in [0.2, 0.25) is 5.91 Å². The summed E-state index contributed by atoms with van der Waals surface area (Å²) in [5.41, 5.74) is 1.50. The Morgan fingerprint density at radius 2 is 2.29 bits per heavy atom. The maximum absolute atomic E-state index is 12.6. The molecule has 1 amide bonds. The van der Waals surface area contributed by atoms with E-state index in [1.165, 1.54) is 6.39 Å².